The fourth-order valence-corrected chi connectivity index (χ4v) is 7.68. The number of sulfonamides is 1. The first-order valence-electron chi connectivity index (χ1n) is 12.9. The van der Waals surface area contributed by atoms with Crippen LogP contribution in [0.4, 0.5) is 14.9 Å². The standard InChI is InChI=1S/C29H29FN4O5S/c1-18-5-3-8-22(11-18)40(37,38)33-15-29(16-33)17-34(28(36)31-20-7-4-6-19(30)12-20)25(14-35)27-26(29)23-10-9-21(39-2)13-24(23)32-27/h3-13,25,32,35H,14-17H2,1-2H3,(H,31,36)/t25-/m0/s1. The molecule has 40 heavy (non-hydrogen) atoms. The van der Waals surface area contributed by atoms with Crippen molar-refractivity contribution in [3.05, 3.63) is 89.4 Å². The minimum atomic E-state index is -3.77. The van der Waals surface area contributed by atoms with Gasteiger partial charge >= 0.3 is 6.03 Å². The number of hydrogen-bond donors (Lipinski definition) is 3. The highest BCUT2D eigenvalue weighted by Crippen LogP contribution is 2.49. The van der Waals surface area contributed by atoms with E-state index in [0.29, 0.717) is 11.4 Å². The molecule has 9 nitrogen and oxygen atoms in total. The minimum Gasteiger partial charge on any atom is -0.497 e. The van der Waals surface area contributed by atoms with Gasteiger partial charge in [-0.3, -0.25) is 0 Å². The molecule has 2 aliphatic heterocycles. The number of aromatic nitrogens is 1. The third-order valence-corrected chi connectivity index (χ3v) is 9.63. The normalized spacial score (nSPS) is 18.4. The van der Waals surface area contributed by atoms with Crippen molar-refractivity contribution in [1.82, 2.24) is 14.2 Å². The molecule has 2 amide bonds. The summed E-state index contributed by atoms with van der Waals surface area (Å²) in [4.78, 5) is 18.6. The number of nitrogens with one attached hydrogen (secondary N) is 2. The first-order valence-corrected chi connectivity index (χ1v) is 14.3. The Bertz CT molecular complexity index is 1730. The average molecular weight is 565 g/mol. The molecule has 208 valence electrons. The Kier molecular flexibility index (Phi) is 6.32. The van der Waals surface area contributed by atoms with E-state index in [0.717, 1.165) is 22.0 Å². The highest BCUT2D eigenvalue weighted by molar-refractivity contribution is 7.89. The number of ether oxygens (including phenoxy) is 1. The molecular weight excluding hydrogens is 535 g/mol. The van der Waals surface area contributed by atoms with Crippen LogP contribution in [0.15, 0.2) is 71.6 Å². The average Bonchev–Trinajstić information content (AvgIpc) is 3.29. The molecule has 0 bridgehead atoms. The Hall–Kier alpha value is -3.93. The summed E-state index contributed by atoms with van der Waals surface area (Å²) in [6.07, 6.45) is 0. The molecule has 0 radical (unpaired) electrons. The first-order chi connectivity index (χ1) is 19.1. The number of carbonyl (C=O) groups excluding carboxylic acids is 1. The molecule has 3 aromatic carbocycles. The van der Waals surface area contributed by atoms with Crippen molar-refractivity contribution in [2.45, 2.75) is 23.3 Å². The monoisotopic (exact) mass is 564 g/mol. The third-order valence-electron chi connectivity index (χ3n) is 7.84. The van der Waals surface area contributed by atoms with Gasteiger partial charge < -0.3 is 25.0 Å². The van der Waals surface area contributed by atoms with Crippen molar-refractivity contribution < 1.29 is 27.4 Å². The molecule has 1 aromatic heterocycles. The summed E-state index contributed by atoms with van der Waals surface area (Å²) in [5, 5.41) is 14.1. The highest BCUT2D eigenvalue weighted by atomic mass is 32.2. The summed E-state index contributed by atoms with van der Waals surface area (Å²) in [5.74, 6) is 0.146. The van der Waals surface area contributed by atoms with Gasteiger partial charge in [-0.1, -0.05) is 18.2 Å². The van der Waals surface area contributed by atoms with E-state index in [1.807, 2.05) is 31.2 Å². The van der Waals surface area contributed by atoms with Crippen molar-refractivity contribution in [2.75, 3.05) is 38.7 Å². The quantitative estimate of drug-likeness (QED) is 0.337. The zero-order valence-electron chi connectivity index (χ0n) is 22.0. The third kappa shape index (κ3) is 4.21. The number of rotatable bonds is 5. The van der Waals surface area contributed by atoms with Crippen LogP contribution in [0.1, 0.15) is 22.9 Å². The van der Waals surface area contributed by atoms with E-state index in [1.165, 1.54) is 27.4 Å². The van der Waals surface area contributed by atoms with Gasteiger partial charge in [0.1, 0.15) is 11.6 Å². The lowest BCUT2D eigenvalue weighted by atomic mass is 9.70. The van der Waals surface area contributed by atoms with Crippen LogP contribution in [0.3, 0.4) is 0 Å². The van der Waals surface area contributed by atoms with Crippen molar-refractivity contribution >= 4 is 32.6 Å². The number of anilines is 1. The summed E-state index contributed by atoms with van der Waals surface area (Å²) in [6.45, 7) is 1.93. The number of H-pyrrole nitrogens is 1. The maximum Gasteiger partial charge on any atom is 0.322 e. The van der Waals surface area contributed by atoms with E-state index >= 15 is 0 Å². The van der Waals surface area contributed by atoms with Crippen LogP contribution >= 0.6 is 0 Å². The predicted molar refractivity (Wildman–Crippen MR) is 148 cm³/mol. The van der Waals surface area contributed by atoms with E-state index < -0.39 is 33.3 Å². The van der Waals surface area contributed by atoms with Gasteiger partial charge in [-0.05, 0) is 60.5 Å². The van der Waals surface area contributed by atoms with Crippen molar-refractivity contribution in [3.63, 3.8) is 0 Å². The molecule has 1 atom stereocenters. The molecule has 3 N–H and O–H groups in total. The number of halogens is 1. The van der Waals surface area contributed by atoms with Gasteiger partial charge in [0, 0.05) is 53.4 Å². The zero-order chi connectivity index (χ0) is 28.2. The number of hydrogen-bond acceptors (Lipinski definition) is 5. The predicted octanol–water partition coefficient (Wildman–Crippen LogP) is 4.15. The molecule has 1 fully saturated rings. The molecule has 0 unspecified atom stereocenters. The topological polar surface area (TPSA) is 115 Å². The summed E-state index contributed by atoms with van der Waals surface area (Å²) in [6, 6.07) is 16.7. The summed E-state index contributed by atoms with van der Waals surface area (Å²) >= 11 is 0. The van der Waals surface area contributed by atoms with Crippen LogP contribution in [0, 0.1) is 12.7 Å². The zero-order valence-corrected chi connectivity index (χ0v) is 22.8. The summed E-state index contributed by atoms with van der Waals surface area (Å²) < 4.78 is 47.7. The first kappa shape index (κ1) is 26.3. The number of amides is 2. The number of urea groups is 1. The number of fused-ring (bicyclic) bond motifs is 4. The van der Waals surface area contributed by atoms with Gasteiger partial charge in [0.15, 0.2) is 0 Å². The lowest BCUT2D eigenvalue weighted by Crippen LogP contribution is -2.68. The fourth-order valence-electron chi connectivity index (χ4n) is 5.96. The van der Waals surface area contributed by atoms with Crippen LogP contribution in [-0.4, -0.2) is 67.1 Å². The van der Waals surface area contributed by atoms with Crippen LogP contribution in [0.25, 0.3) is 10.9 Å². The Morgan fingerprint density at radius 3 is 2.60 bits per heavy atom. The molecule has 3 heterocycles. The number of aryl methyl sites for hydroxylation is 1. The Morgan fingerprint density at radius 1 is 1.12 bits per heavy atom. The molecule has 1 saturated heterocycles. The number of carbonyl (C=O) groups is 1. The van der Waals surface area contributed by atoms with Gasteiger partial charge in [0.05, 0.1) is 24.7 Å². The van der Waals surface area contributed by atoms with Gasteiger partial charge in [0.25, 0.3) is 0 Å². The van der Waals surface area contributed by atoms with E-state index in [-0.39, 0.29) is 36.8 Å². The summed E-state index contributed by atoms with van der Waals surface area (Å²) in [5.41, 5.74) is 2.67. The molecule has 2 aliphatic rings. The molecule has 11 heteroatoms. The van der Waals surface area contributed by atoms with Crippen molar-refractivity contribution in [1.29, 1.82) is 0 Å². The van der Waals surface area contributed by atoms with Crippen LogP contribution < -0.4 is 10.1 Å². The smallest absolute Gasteiger partial charge is 0.322 e. The van der Waals surface area contributed by atoms with E-state index in [4.69, 9.17) is 4.74 Å². The second-order valence-corrected chi connectivity index (χ2v) is 12.4. The summed E-state index contributed by atoms with van der Waals surface area (Å²) in [7, 11) is -2.20. The highest BCUT2D eigenvalue weighted by Gasteiger charge is 2.56. The maximum absolute atomic E-state index is 13.8. The molecule has 0 saturated carbocycles. The van der Waals surface area contributed by atoms with Crippen LogP contribution in [0.5, 0.6) is 5.75 Å². The molecule has 4 aromatic rings. The number of benzene rings is 3. The van der Waals surface area contributed by atoms with Crippen LogP contribution in [-0.2, 0) is 15.4 Å². The number of methoxy groups -OCH3 is 1. The largest absolute Gasteiger partial charge is 0.497 e. The van der Waals surface area contributed by atoms with Crippen LogP contribution in [0.2, 0.25) is 0 Å². The van der Waals surface area contributed by atoms with E-state index in [2.05, 4.69) is 10.3 Å². The second kappa shape index (κ2) is 9.61. The number of aliphatic hydroxyl groups excluding tert-OH is 1. The van der Waals surface area contributed by atoms with Gasteiger partial charge in [0.2, 0.25) is 10.0 Å². The SMILES string of the molecule is COc1ccc2c3c([nH]c2c1)[C@H](CO)N(C(=O)Nc1cccc(F)c1)CC31CN(S(=O)(=O)c2cccc(C)c2)C1. The number of aliphatic hydroxyl groups is 1. The Morgan fingerprint density at radius 2 is 1.90 bits per heavy atom. The van der Waals surface area contributed by atoms with Gasteiger partial charge in [-0.25, -0.2) is 17.6 Å². The van der Waals surface area contributed by atoms with Crippen molar-refractivity contribution in [2.24, 2.45) is 0 Å². The Balaban J connectivity index is 1.42. The lowest BCUT2D eigenvalue weighted by Gasteiger charge is -2.55. The molecule has 6 rings (SSSR count). The molecule has 1 spiro atoms. The second-order valence-electron chi connectivity index (χ2n) is 10.5. The van der Waals surface area contributed by atoms with E-state index in [9.17, 15) is 22.7 Å². The lowest BCUT2D eigenvalue weighted by molar-refractivity contribution is 0.0550. The molecular formula is C29H29FN4O5S. The van der Waals surface area contributed by atoms with E-state index in [1.54, 1.807) is 31.4 Å². The van der Waals surface area contributed by atoms with Crippen molar-refractivity contribution in [3.8, 4) is 5.75 Å². The fraction of sp³-hybridized carbons (Fsp3) is 0.276. The maximum atomic E-state index is 13.8. The number of nitrogens with zero attached hydrogens (tertiary/aromatic N) is 2. The van der Waals surface area contributed by atoms with Gasteiger partial charge in [-0.2, -0.15) is 4.31 Å². The number of aromatic amines is 1. The molecule has 0 aliphatic carbocycles. The Labute approximate surface area is 231 Å². The van der Waals surface area contributed by atoms with Gasteiger partial charge in [-0.15, -0.1) is 0 Å². The minimum absolute atomic E-state index is 0.150.